The molecule has 134 valence electrons. The van der Waals surface area contributed by atoms with Crippen molar-refractivity contribution in [3.05, 3.63) is 52.2 Å². The van der Waals surface area contributed by atoms with Gasteiger partial charge in [-0.05, 0) is 18.2 Å². The standard InChI is InChI=1S/C17H16Cl2N6O/c1-26-15-7-20-17(23-10-2-3-11(18)12(19)6-10)24-16(15)25-5-4-13-14(8-25)22-9-21-13/h2-3,6-7,9H,4-5,8H2,1H3,(H,21,22)(H,20,23,24). The molecule has 1 aromatic carbocycles. The Morgan fingerprint density at radius 3 is 2.92 bits per heavy atom. The topological polar surface area (TPSA) is 79.0 Å². The summed E-state index contributed by atoms with van der Waals surface area (Å²) < 4.78 is 5.45. The van der Waals surface area contributed by atoms with E-state index in [2.05, 4.69) is 30.2 Å². The Labute approximate surface area is 160 Å². The predicted octanol–water partition coefficient (Wildman–Crippen LogP) is 3.82. The normalized spacial score (nSPS) is 13.4. The average Bonchev–Trinajstić information content (AvgIpc) is 3.12. The number of benzene rings is 1. The monoisotopic (exact) mass is 390 g/mol. The minimum Gasteiger partial charge on any atom is -0.491 e. The summed E-state index contributed by atoms with van der Waals surface area (Å²) in [6, 6.07) is 5.27. The number of aromatic nitrogens is 4. The smallest absolute Gasteiger partial charge is 0.229 e. The van der Waals surface area contributed by atoms with Gasteiger partial charge in [-0.1, -0.05) is 23.2 Å². The fourth-order valence-corrected chi connectivity index (χ4v) is 3.18. The lowest BCUT2D eigenvalue weighted by Gasteiger charge is -2.28. The summed E-state index contributed by atoms with van der Waals surface area (Å²) in [6.07, 6.45) is 4.25. The molecule has 0 amide bonds. The first-order valence-corrected chi connectivity index (χ1v) is 8.79. The van der Waals surface area contributed by atoms with Crippen LogP contribution in [0.25, 0.3) is 0 Å². The van der Waals surface area contributed by atoms with Gasteiger partial charge in [0.2, 0.25) is 5.95 Å². The maximum atomic E-state index is 6.07. The first-order valence-electron chi connectivity index (χ1n) is 8.03. The minimum absolute atomic E-state index is 0.451. The van der Waals surface area contributed by atoms with Crippen molar-refractivity contribution >= 4 is 40.7 Å². The number of nitrogens with zero attached hydrogens (tertiary/aromatic N) is 4. The third-order valence-corrected chi connectivity index (χ3v) is 4.95. The van der Waals surface area contributed by atoms with Gasteiger partial charge in [0.25, 0.3) is 0 Å². The third-order valence-electron chi connectivity index (χ3n) is 4.21. The Hall–Kier alpha value is -2.51. The molecule has 0 saturated heterocycles. The van der Waals surface area contributed by atoms with Crippen molar-refractivity contribution in [1.82, 2.24) is 19.9 Å². The third kappa shape index (κ3) is 3.27. The Kier molecular flexibility index (Phi) is 4.57. The molecule has 26 heavy (non-hydrogen) atoms. The highest BCUT2D eigenvalue weighted by Gasteiger charge is 2.23. The molecule has 0 unspecified atom stereocenters. The van der Waals surface area contributed by atoms with Crippen LogP contribution in [0.2, 0.25) is 10.0 Å². The van der Waals surface area contributed by atoms with Crippen molar-refractivity contribution in [1.29, 1.82) is 0 Å². The van der Waals surface area contributed by atoms with Gasteiger partial charge < -0.3 is 19.9 Å². The molecule has 3 heterocycles. The van der Waals surface area contributed by atoms with Crippen LogP contribution >= 0.6 is 23.2 Å². The van der Waals surface area contributed by atoms with Gasteiger partial charge in [0.15, 0.2) is 11.6 Å². The number of H-pyrrole nitrogens is 1. The van der Waals surface area contributed by atoms with Crippen molar-refractivity contribution in [2.75, 3.05) is 23.9 Å². The lowest BCUT2D eigenvalue weighted by Crippen LogP contribution is -2.31. The molecule has 0 fully saturated rings. The SMILES string of the molecule is COc1cnc(Nc2ccc(Cl)c(Cl)c2)nc1N1CCc2[nH]cnc2C1. The molecule has 0 aliphatic carbocycles. The van der Waals surface area contributed by atoms with Crippen molar-refractivity contribution in [2.24, 2.45) is 0 Å². The highest BCUT2D eigenvalue weighted by molar-refractivity contribution is 6.42. The molecule has 0 atom stereocenters. The summed E-state index contributed by atoms with van der Waals surface area (Å²) in [7, 11) is 1.61. The zero-order valence-corrected chi connectivity index (χ0v) is 15.5. The predicted molar refractivity (Wildman–Crippen MR) is 102 cm³/mol. The lowest BCUT2D eigenvalue weighted by molar-refractivity contribution is 0.409. The summed E-state index contributed by atoms with van der Waals surface area (Å²) >= 11 is 12.0. The van der Waals surface area contributed by atoms with Crippen LogP contribution in [0.3, 0.4) is 0 Å². The van der Waals surface area contributed by atoms with Crippen LogP contribution in [0.15, 0.2) is 30.7 Å². The van der Waals surface area contributed by atoms with E-state index in [0.29, 0.717) is 28.3 Å². The van der Waals surface area contributed by atoms with Crippen LogP contribution in [-0.4, -0.2) is 33.6 Å². The number of fused-ring (bicyclic) bond motifs is 1. The largest absolute Gasteiger partial charge is 0.491 e. The second kappa shape index (κ2) is 7.01. The number of ether oxygens (including phenoxy) is 1. The number of methoxy groups -OCH3 is 1. The Balaban J connectivity index is 1.62. The number of halogens is 2. The van der Waals surface area contributed by atoms with Gasteiger partial charge in [-0.25, -0.2) is 9.97 Å². The number of hydrogen-bond acceptors (Lipinski definition) is 6. The van der Waals surface area contributed by atoms with Crippen LogP contribution < -0.4 is 15.0 Å². The molecule has 3 aromatic rings. The van der Waals surface area contributed by atoms with E-state index >= 15 is 0 Å². The number of hydrogen-bond donors (Lipinski definition) is 2. The highest BCUT2D eigenvalue weighted by atomic mass is 35.5. The van der Waals surface area contributed by atoms with E-state index in [4.69, 9.17) is 27.9 Å². The van der Waals surface area contributed by atoms with Crippen molar-refractivity contribution in [2.45, 2.75) is 13.0 Å². The molecular formula is C17H16Cl2N6O. The molecule has 0 bridgehead atoms. The maximum absolute atomic E-state index is 6.07. The van der Waals surface area contributed by atoms with Gasteiger partial charge in [0.05, 0.1) is 41.9 Å². The molecule has 7 nitrogen and oxygen atoms in total. The van der Waals surface area contributed by atoms with Gasteiger partial charge in [-0.3, -0.25) is 0 Å². The molecular weight excluding hydrogens is 375 g/mol. The van der Waals surface area contributed by atoms with Crippen LogP contribution in [0, 0.1) is 0 Å². The van der Waals surface area contributed by atoms with Crippen LogP contribution in [-0.2, 0) is 13.0 Å². The van der Waals surface area contributed by atoms with E-state index < -0.39 is 0 Å². The number of rotatable bonds is 4. The van der Waals surface area contributed by atoms with Crippen LogP contribution in [0.5, 0.6) is 5.75 Å². The van der Waals surface area contributed by atoms with E-state index in [9.17, 15) is 0 Å². The minimum atomic E-state index is 0.451. The van der Waals surface area contributed by atoms with Crippen molar-refractivity contribution < 1.29 is 4.74 Å². The molecule has 0 saturated carbocycles. The Bertz CT molecular complexity index is 945. The van der Waals surface area contributed by atoms with Gasteiger partial charge in [-0.15, -0.1) is 0 Å². The highest BCUT2D eigenvalue weighted by Crippen LogP contribution is 2.31. The number of nitrogens with one attached hydrogen (secondary N) is 2. The fourth-order valence-electron chi connectivity index (χ4n) is 2.88. The first kappa shape index (κ1) is 16.9. The number of anilines is 3. The first-order chi connectivity index (χ1) is 12.6. The van der Waals surface area contributed by atoms with E-state index in [0.717, 1.165) is 30.2 Å². The lowest BCUT2D eigenvalue weighted by atomic mass is 10.1. The fraction of sp³-hybridized carbons (Fsp3) is 0.235. The summed E-state index contributed by atoms with van der Waals surface area (Å²) in [5.74, 6) is 1.79. The molecule has 4 rings (SSSR count). The maximum Gasteiger partial charge on any atom is 0.229 e. The summed E-state index contributed by atoms with van der Waals surface area (Å²) in [4.78, 5) is 18.6. The molecule has 2 N–H and O–H groups in total. The van der Waals surface area contributed by atoms with E-state index in [1.54, 1.807) is 31.8 Å². The van der Waals surface area contributed by atoms with Gasteiger partial charge in [-0.2, -0.15) is 4.98 Å². The van der Waals surface area contributed by atoms with Crippen molar-refractivity contribution in [3.8, 4) is 5.75 Å². The Morgan fingerprint density at radius 1 is 1.23 bits per heavy atom. The van der Waals surface area contributed by atoms with E-state index in [1.807, 2.05) is 6.07 Å². The molecule has 1 aliphatic heterocycles. The van der Waals surface area contributed by atoms with E-state index in [-0.39, 0.29) is 0 Å². The zero-order chi connectivity index (χ0) is 18.1. The summed E-state index contributed by atoms with van der Waals surface area (Å²) in [5, 5.41) is 4.11. The molecule has 0 radical (unpaired) electrons. The molecule has 1 aliphatic rings. The van der Waals surface area contributed by atoms with Gasteiger partial charge in [0.1, 0.15) is 0 Å². The zero-order valence-electron chi connectivity index (χ0n) is 14.0. The van der Waals surface area contributed by atoms with E-state index in [1.165, 1.54) is 5.69 Å². The molecule has 2 aromatic heterocycles. The second-order valence-corrected chi connectivity index (χ2v) is 6.65. The summed E-state index contributed by atoms with van der Waals surface area (Å²) in [5.41, 5.74) is 2.95. The average molecular weight is 391 g/mol. The molecule has 9 heteroatoms. The molecule has 0 spiro atoms. The Morgan fingerprint density at radius 2 is 2.12 bits per heavy atom. The second-order valence-electron chi connectivity index (χ2n) is 5.84. The number of aromatic amines is 1. The van der Waals surface area contributed by atoms with Crippen LogP contribution in [0.4, 0.5) is 17.5 Å². The van der Waals surface area contributed by atoms with Crippen LogP contribution in [0.1, 0.15) is 11.4 Å². The number of imidazole rings is 1. The van der Waals surface area contributed by atoms with Gasteiger partial charge in [0, 0.05) is 24.3 Å². The quantitative estimate of drug-likeness (QED) is 0.704. The van der Waals surface area contributed by atoms with Gasteiger partial charge >= 0.3 is 0 Å². The van der Waals surface area contributed by atoms with Crippen molar-refractivity contribution in [3.63, 3.8) is 0 Å². The summed E-state index contributed by atoms with van der Waals surface area (Å²) in [6.45, 7) is 1.48.